The van der Waals surface area contributed by atoms with Crippen molar-refractivity contribution in [1.82, 2.24) is 4.98 Å². The summed E-state index contributed by atoms with van der Waals surface area (Å²) in [6.07, 6.45) is 1.25. The molecular formula is C15H14N2O3. The number of nitrogens with one attached hydrogen (secondary N) is 1. The topological polar surface area (TPSA) is 79.3 Å². The summed E-state index contributed by atoms with van der Waals surface area (Å²) in [6.45, 7) is 3.85. The van der Waals surface area contributed by atoms with Crippen LogP contribution in [0, 0.1) is 13.8 Å². The number of hydrogen-bond donors (Lipinski definition) is 2. The Labute approximate surface area is 116 Å². The van der Waals surface area contributed by atoms with Crippen LogP contribution in [-0.2, 0) is 0 Å². The number of aryl methyl sites for hydroxylation is 2. The summed E-state index contributed by atoms with van der Waals surface area (Å²) in [4.78, 5) is 26.5. The van der Waals surface area contributed by atoms with Crippen LogP contribution in [0.5, 0.6) is 0 Å². The number of carbonyl (C=O) groups is 2. The van der Waals surface area contributed by atoms with Gasteiger partial charge in [-0.2, -0.15) is 0 Å². The molecule has 102 valence electrons. The van der Waals surface area contributed by atoms with Gasteiger partial charge in [-0.1, -0.05) is 12.1 Å². The summed E-state index contributed by atoms with van der Waals surface area (Å²) in [5.41, 5.74) is 2.96. The van der Waals surface area contributed by atoms with Crippen LogP contribution >= 0.6 is 0 Å². The SMILES string of the molecule is Cc1ccc(C)c(NC(=O)c2ccc(C(=O)O)nc2)c1. The van der Waals surface area contributed by atoms with Crippen LogP contribution in [0.15, 0.2) is 36.5 Å². The number of rotatable bonds is 3. The standard InChI is InChI=1S/C15H14N2O3/c1-9-3-4-10(2)13(7-9)17-14(18)11-5-6-12(15(19)20)16-8-11/h3-8H,1-2H3,(H,17,18)(H,19,20). The van der Waals surface area contributed by atoms with Crippen molar-refractivity contribution in [3.63, 3.8) is 0 Å². The van der Waals surface area contributed by atoms with Crippen molar-refractivity contribution in [2.75, 3.05) is 5.32 Å². The number of hydrogen-bond acceptors (Lipinski definition) is 3. The van der Waals surface area contributed by atoms with Gasteiger partial charge in [0, 0.05) is 11.9 Å². The molecule has 0 saturated carbocycles. The zero-order chi connectivity index (χ0) is 14.7. The van der Waals surface area contributed by atoms with Gasteiger partial charge in [0.1, 0.15) is 5.69 Å². The fourth-order valence-electron chi connectivity index (χ4n) is 1.72. The molecule has 0 unspecified atom stereocenters. The van der Waals surface area contributed by atoms with Gasteiger partial charge in [-0.3, -0.25) is 4.79 Å². The molecule has 0 aliphatic heterocycles. The second-order valence-corrected chi connectivity index (χ2v) is 4.51. The number of nitrogens with zero attached hydrogens (tertiary/aromatic N) is 1. The maximum Gasteiger partial charge on any atom is 0.354 e. The number of benzene rings is 1. The van der Waals surface area contributed by atoms with Gasteiger partial charge in [0.25, 0.3) is 5.91 Å². The molecule has 0 aliphatic carbocycles. The number of carbonyl (C=O) groups excluding carboxylic acids is 1. The molecule has 0 aliphatic rings. The van der Waals surface area contributed by atoms with Crippen molar-refractivity contribution in [3.8, 4) is 0 Å². The lowest BCUT2D eigenvalue weighted by Crippen LogP contribution is -2.14. The summed E-state index contributed by atoms with van der Waals surface area (Å²) >= 11 is 0. The van der Waals surface area contributed by atoms with Gasteiger partial charge in [0.05, 0.1) is 5.56 Å². The van der Waals surface area contributed by atoms with E-state index in [0.29, 0.717) is 5.56 Å². The third-order valence-corrected chi connectivity index (χ3v) is 2.89. The zero-order valence-corrected chi connectivity index (χ0v) is 11.2. The van der Waals surface area contributed by atoms with E-state index in [1.807, 2.05) is 32.0 Å². The summed E-state index contributed by atoms with van der Waals surface area (Å²) in [5, 5.41) is 11.5. The molecule has 0 bridgehead atoms. The van der Waals surface area contributed by atoms with Gasteiger partial charge in [0.2, 0.25) is 0 Å². The molecule has 1 amide bonds. The molecule has 20 heavy (non-hydrogen) atoms. The van der Waals surface area contributed by atoms with E-state index in [0.717, 1.165) is 16.8 Å². The molecule has 0 saturated heterocycles. The molecule has 0 spiro atoms. The fraction of sp³-hybridized carbons (Fsp3) is 0.133. The third-order valence-electron chi connectivity index (χ3n) is 2.89. The molecule has 2 aromatic rings. The van der Waals surface area contributed by atoms with E-state index in [4.69, 9.17) is 5.11 Å². The van der Waals surface area contributed by atoms with Crippen LogP contribution in [0.2, 0.25) is 0 Å². The van der Waals surface area contributed by atoms with Crippen LogP contribution in [-0.4, -0.2) is 22.0 Å². The van der Waals surface area contributed by atoms with Crippen molar-refractivity contribution in [1.29, 1.82) is 0 Å². The molecule has 2 rings (SSSR count). The molecule has 2 N–H and O–H groups in total. The number of pyridine rings is 1. The van der Waals surface area contributed by atoms with E-state index in [2.05, 4.69) is 10.3 Å². The normalized spacial score (nSPS) is 10.1. The van der Waals surface area contributed by atoms with Crippen LogP contribution < -0.4 is 5.32 Å². The lowest BCUT2D eigenvalue weighted by molar-refractivity contribution is 0.0690. The van der Waals surface area contributed by atoms with E-state index in [1.165, 1.54) is 18.3 Å². The first-order valence-electron chi connectivity index (χ1n) is 6.05. The molecule has 1 aromatic carbocycles. The number of aromatic carboxylic acids is 1. The summed E-state index contributed by atoms with van der Waals surface area (Å²) < 4.78 is 0. The molecule has 0 atom stereocenters. The average molecular weight is 270 g/mol. The lowest BCUT2D eigenvalue weighted by atomic mass is 10.1. The Balaban J connectivity index is 2.19. The summed E-state index contributed by atoms with van der Waals surface area (Å²) in [5.74, 6) is -1.44. The number of anilines is 1. The van der Waals surface area contributed by atoms with Crippen molar-refractivity contribution in [2.45, 2.75) is 13.8 Å². The van der Waals surface area contributed by atoms with Gasteiger partial charge in [-0.25, -0.2) is 9.78 Å². The Morgan fingerprint density at radius 2 is 1.90 bits per heavy atom. The first-order valence-corrected chi connectivity index (χ1v) is 6.05. The number of aromatic nitrogens is 1. The van der Waals surface area contributed by atoms with Gasteiger partial charge < -0.3 is 10.4 Å². The minimum Gasteiger partial charge on any atom is -0.477 e. The molecule has 1 aromatic heterocycles. The zero-order valence-electron chi connectivity index (χ0n) is 11.2. The number of amides is 1. The van der Waals surface area contributed by atoms with Crippen molar-refractivity contribution < 1.29 is 14.7 Å². The predicted octanol–water partition coefficient (Wildman–Crippen LogP) is 2.65. The van der Waals surface area contributed by atoms with Crippen LogP contribution in [0.4, 0.5) is 5.69 Å². The molecular weight excluding hydrogens is 256 g/mol. The van der Waals surface area contributed by atoms with Gasteiger partial charge in [-0.15, -0.1) is 0 Å². The number of carboxylic acids is 1. The highest BCUT2D eigenvalue weighted by molar-refractivity contribution is 6.04. The van der Waals surface area contributed by atoms with E-state index in [1.54, 1.807) is 0 Å². The Morgan fingerprint density at radius 3 is 2.50 bits per heavy atom. The largest absolute Gasteiger partial charge is 0.477 e. The smallest absolute Gasteiger partial charge is 0.354 e. The second-order valence-electron chi connectivity index (χ2n) is 4.51. The Morgan fingerprint density at radius 1 is 1.15 bits per heavy atom. The molecule has 0 fully saturated rings. The first kappa shape index (κ1) is 13.7. The fourth-order valence-corrected chi connectivity index (χ4v) is 1.72. The van der Waals surface area contributed by atoms with Crippen molar-refractivity contribution in [3.05, 3.63) is 58.9 Å². The van der Waals surface area contributed by atoms with Crippen LogP contribution in [0.3, 0.4) is 0 Å². The van der Waals surface area contributed by atoms with E-state index in [-0.39, 0.29) is 11.6 Å². The quantitative estimate of drug-likeness (QED) is 0.898. The maximum absolute atomic E-state index is 12.1. The van der Waals surface area contributed by atoms with E-state index >= 15 is 0 Å². The highest BCUT2D eigenvalue weighted by Gasteiger charge is 2.10. The molecule has 5 nitrogen and oxygen atoms in total. The highest BCUT2D eigenvalue weighted by Crippen LogP contribution is 2.17. The van der Waals surface area contributed by atoms with Gasteiger partial charge in [0.15, 0.2) is 0 Å². The minimum absolute atomic E-state index is 0.0895. The third kappa shape index (κ3) is 3.00. The van der Waals surface area contributed by atoms with Crippen LogP contribution in [0.1, 0.15) is 32.0 Å². The monoisotopic (exact) mass is 270 g/mol. The second kappa shape index (κ2) is 5.52. The predicted molar refractivity (Wildman–Crippen MR) is 75.1 cm³/mol. The summed E-state index contributed by atoms with van der Waals surface area (Å²) in [6, 6.07) is 8.52. The molecule has 5 heteroatoms. The van der Waals surface area contributed by atoms with Gasteiger partial charge in [-0.05, 0) is 43.2 Å². The molecule has 0 radical (unpaired) electrons. The van der Waals surface area contributed by atoms with Gasteiger partial charge >= 0.3 is 5.97 Å². The first-order chi connectivity index (χ1) is 9.47. The number of carboxylic acid groups (broad SMARTS) is 1. The van der Waals surface area contributed by atoms with Crippen molar-refractivity contribution >= 4 is 17.6 Å². The Kier molecular flexibility index (Phi) is 3.79. The highest BCUT2D eigenvalue weighted by atomic mass is 16.4. The maximum atomic E-state index is 12.1. The lowest BCUT2D eigenvalue weighted by Gasteiger charge is -2.09. The molecule has 1 heterocycles. The van der Waals surface area contributed by atoms with Crippen molar-refractivity contribution in [2.24, 2.45) is 0 Å². The Bertz CT molecular complexity index is 663. The average Bonchev–Trinajstić information content (AvgIpc) is 2.43. The van der Waals surface area contributed by atoms with Crippen LogP contribution in [0.25, 0.3) is 0 Å². The Hall–Kier alpha value is -2.69. The van der Waals surface area contributed by atoms with E-state index in [9.17, 15) is 9.59 Å². The summed E-state index contributed by atoms with van der Waals surface area (Å²) in [7, 11) is 0. The van der Waals surface area contributed by atoms with E-state index < -0.39 is 5.97 Å². The minimum atomic E-state index is -1.12.